The molecule has 0 aliphatic heterocycles. The maximum absolute atomic E-state index is 12.6. The lowest BCUT2D eigenvalue weighted by molar-refractivity contribution is 0.0498. The average Bonchev–Trinajstić information content (AvgIpc) is 2.75. The predicted molar refractivity (Wildman–Crippen MR) is 110 cm³/mol. The second-order valence-electron chi connectivity index (χ2n) is 6.29. The molecular formula is C22H27NO6. The number of anilines is 1. The highest BCUT2D eigenvalue weighted by Crippen LogP contribution is 2.38. The van der Waals surface area contributed by atoms with E-state index in [1.807, 2.05) is 0 Å². The van der Waals surface area contributed by atoms with Crippen molar-refractivity contribution < 1.29 is 28.5 Å². The van der Waals surface area contributed by atoms with Crippen LogP contribution < -0.4 is 19.5 Å². The van der Waals surface area contributed by atoms with Gasteiger partial charge in [-0.25, -0.2) is 4.79 Å². The Morgan fingerprint density at radius 3 is 2.00 bits per heavy atom. The number of hydrogen-bond acceptors (Lipinski definition) is 6. The highest BCUT2D eigenvalue weighted by Gasteiger charge is 2.17. The van der Waals surface area contributed by atoms with Gasteiger partial charge in [0.15, 0.2) is 11.5 Å². The summed E-state index contributed by atoms with van der Waals surface area (Å²) in [6, 6.07) is 9.68. The Bertz CT molecular complexity index is 807. The molecule has 2 aromatic rings. The Balaban J connectivity index is 2.06. The van der Waals surface area contributed by atoms with E-state index in [9.17, 15) is 9.59 Å². The van der Waals surface area contributed by atoms with Crippen LogP contribution in [-0.4, -0.2) is 39.8 Å². The number of esters is 1. The van der Waals surface area contributed by atoms with Gasteiger partial charge in [-0.2, -0.15) is 0 Å². The second kappa shape index (κ2) is 10.9. The summed E-state index contributed by atoms with van der Waals surface area (Å²) in [5.41, 5.74) is 1.33. The monoisotopic (exact) mass is 401 g/mol. The first-order chi connectivity index (χ1) is 14.0. The first kappa shape index (κ1) is 22.1. The molecule has 1 N–H and O–H groups in total. The minimum absolute atomic E-state index is 0.346. The molecule has 0 heterocycles. The smallest absolute Gasteiger partial charge is 0.338 e. The Morgan fingerprint density at radius 2 is 1.48 bits per heavy atom. The van der Waals surface area contributed by atoms with Crippen LogP contribution in [0.15, 0.2) is 36.4 Å². The van der Waals surface area contributed by atoms with Crippen molar-refractivity contribution in [1.29, 1.82) is 0 Å². The molecular weight excluding hydrogens is 374 g/mol. The fourth-order valence-electron chi connectivity index (χ4n) is 2.71. The lowest BCUT2D eigenvalue weighted by Crippen LogP contribution is -2.13. The molecule has 2 aromatic carbocycles. The molecule has 1 amide bonds. The number of rotatable bonds is 10. The fourth-order valence-corrected chi connectivity index (χ4v) is 2.71. The van der Waals surface area contributed by atoms with Crippen molar-refractivity contribution in [3.63, 3.8) is 0 Å². The van der Waals surface area contributed by atoms with Gasteiger partial charge in [0.05, 0.1) is 33.5 Å². The largest absolute Gasteiger partial charge is 0.493 e. The van der Waals surface area contributed by atoms with Gasteiger partial charge in [-0.05, 0) is 42.8 Å². The number of amides is 1. The second-order valence-corrected chi connectivity index (χ2v) is 6.29. The van der Waals surface area contributed by atoms with E-state index in [-0.39, 0.29) is 11.9 Å². The number of methoxy groups -OCH3 is 3. The SMILES string of the molecule is CCCCCOC(=O)c1ccc(NC(=O)c2cc(OC)c(OC)c(OC)c2)cc1. The third-order valence-electron chi connectivity index (χ3n) is 4.29. The molecule has 0 bridgehead atoms. The zero-order valence-electron chi connectivity index (χ0n) is 17.2. The van der Waals surface area contributed by atoms with Gasteiger partial charge in [0.1, 0.15) is 0 Å². The van der Waals surface area contributed by atoms with Crippen LogP contribution in [-0.2, 0) is 4.74 Å². The molecule has 0 spiro atoms. The van der Waals surface area contributed by atoms with E-state index in [4.69, 9.17) is 18.9 Å². The summed E-state index contributed by atoms with van der Waals surface area (Å²) in [4.78, 5) is 24.6. The van der Waals surface area contributed by atoms with E-state index in [2.05, 4.69) is 12.2 Å². The number of hydrogen-bond donors (Lipinski definition) is 1. The Labute approximate surface area is 170 Å². The minimum atomic E-state index is -0.372. The number of nitrogens with one attached hydrogen (secondary N) is 1. The van der Waals surface area contributed by atoms with Crippen molar-refractivity contribution in [3.8, 4) is 17.2 Å². The highest BCUT2D eigenvalue weighted by atomic mass is 16.5. The van der Waals surface area contributed by atoms with Crippen molar-refractivity contribution in [1.82, 2.24) is 0 Å². The topological polar surface area (TPSA) is 83.1 Å². The van der Waals surface area contributed by atoms with Crippen LogP contribution in [0.1, 0.15) is 46.9 Å². The molecule has 0 aromatic heterocycles. The van der Waals surface area contributed by atoms with Crippen LogP contribution in [0.5, 0.6) is 17.2 Å². The summed E-state index contributed by atoms with van der Waals surface area (Å²) in [7, 11) is 4.47. The highest BCUT2D eigenvalue weighted by molar-refractivity contribution is 6.05. The van der Waals surface area contributed by atoms with Crippen molar-refractivity contribution in [2.45, 2.75) is 26.2 Å². The van der Waals surface area contributed by atoms with Gasteiger partial charge in [-0.15, -0.1) is 0 Å². The molecule has 156 valence electrons. The van der Waals surface area contributed by atoms with Gasteiger partial charge in [0, 0.05) is 11.3 Å². The lowest BCUT2D eigenvalue weighted by Gasteiger charge is -2.14. The molecule has 0 atom stereocenters. The molecule has 0 unspecified atom stereocenters. The molecule has 0 aliphatic carbocycles. The Kier molecular flexibility index (Phi) is 8.33. The molecule has 0 saturated heterocycles. The molecule has 0 aliphatic rings. The summed E-state index contributed by atoms with van der Waals surface area (Å²) in [5.74, 6) is 0.465. The van der Waals surface area contributed by atoms with Gasteiger partial charge >= 0.3 is 5.97 Å². The maximum atomic E-state index is 12.6. The van der Waals surface area contributed by atoms with Crippen LogP contribution in [0.25, 0.3) is 0 Å². The molecule has 2 rings (SSSR count). The van der Waals surface area contributed by atoms with E-state index < -0.39 is 0 Å². The van der Waals surface area contributed by atoms with E-state index in [1.165, 1.54) is 21.3 Å². The zero-order chi connectivity index (χ0) is 21.2. The van der Waals surface area contributed by atoms with E-state index in [1.54, 1.807) is 36.4 Å². The number of unbranched alkanes of at least 4 members (excludes halogenated alkanes) is 2. The molecule has 0 radical (unpaired) electrons. The summed E-state index contributed by atoms with van der Waals surface area (Å²) >= 11 is 0. The van der Waals surface area contributed by atoms with Crippen LogP contribution in [0.4, 0.5) is 5.69 Å². The molecule has 0 saturated carbocycles. The van der Waals surface area contributed by atoms with Crippen molar-refractivity contribution in [3.05, 3.63) is 47.5 Å². The molecule has 0 fully saturated rings. The quantitative estimate of drug-likeness (QED) is 0.472. The summed E-state index contributed by atoms with van der Waals surface area (Å²) in [5, 5.41) is 2.78. The van der Waals surface area contributed by atoms with Crippen LogP contribution >= 0.6 is 0 Å². The Morgan fingerprint density at radius 1 is 0.862 bits per heavy atom. The number of carbonyl (C=O) groups is 2. The van der Waals surface area contributed by atoms with Crippen LogP contribution in [0.2, 0.25) is 0 Å². The molecule has 7 nitrogen and oxygen atoms in total. The summed E-state index contributed by atoms with van der Waals surface area (Å²) < 4.78 is 21.0. The van der Waals surface area contributed by atoms with Crippen molar-refractivity contribution in [2.24, 2.45) is 0 Å². The van der Waals surface area contributed by atoms with E-state index >= 15 is 0 Å². The number of benzene rings is 2. The minimum Gasteiger partial charge on any atom is -0.493 e. The summed E-state index contributed by atoms with van der Waals surface area (Å²) in [6.45, 7) is 2.50. The molecule has 29 heavy (non-hydrogen) atoms. The van der Waals surface area contributed by atoms with Crippen molar-refractivity contribution >= 4 is 17.6 Å². The average molecular weight is 401 g/mol. The normalized spacial score (nSPS) is 10.2. The third-order valence-corrected chi connectivity index (χ3v) is 4.29. The number of ether oxygens (including phenoxy) is 4. The van der Waals surface area contributed by atoms with Gasteiger partial charge in [-0.1, -0.05) is 19.8 Å². The molecule has 7 heteroatoms. The Hall–Kier alpha value is -3.22. The first-order valence-corrected chi connectivity index (χ1v) is 9.42. The van der Waals surface area contributed by atoms with E-state index in [0.717, 1.165) is 19.3 Å². The maximum Gasteiger partial charge on any atom is 0.338 e. The predicted octanol–water partition coefficient (Wildman–Crippen LogP) is 4.31. The van der Waals surface area contributed by atoms with Gasteiger partial charge in [0.25, 0.3) is 5.91 Å². The standard InChI is InChI=1S/C22H27NO6/c1-5-6-7-12-29-22(25)15-8-10-17(11-9-15)23-21(24)16-13-18(26-2)20(28-4)19(14-16)27-3/h8-11,13-14H,5-7,12H2,1-4H3,(H,23,24). The van der Waals surface area contributed by atoms with Crippen molar-refractivity contribution in [2.75, 3.05) is 33.3 Å². The zero-order valence-corrected chi connectivity index (χ0v) is 17.2. The lowest BCUT2D eigenvalue weighted by atomic mass is 10.1. The van der Waals surface area contributed by atoms with E-state index in [0.29, 0.717) is 40.7 Å². The van der Waals surface area contributed by atoms with Crippen LogP contribution in [0, 0.1) is 0 Å². The van der Waals surface area contributed by atoms with Gasteiger partial charge in [0.2, 0.25) is 5.75 Å². The number of carbonyl (C=O) groups excluding carboxylic acids is 2. The third kappa shape index (κ3) is 5.88. The first-order valence-electron chi connectivity index (χ1n) is 9.42. The van der Waals surface area contributed by atoms with Gasteiger partial charge < -0.3 is 24.3 Å². The van der Waals surface area contributed by atoms with Gasteiger partial charge in [-0.3, -0.25) is 4.79 Å². The van der Waals surface area contributed by atoms with Crippen LogP contribution in [0.3, 0.4) is 0 Å². The fraction of sp³-hybridized carbons (Fsp3) is 0.364. The summed E-state index contributed by atoms with van der Waals surface area (Å²) in [6.07, 6.45) is 2.95.